The molecule has 0 aliphatic heterocycles. The predicted octanol–water partition coefficient (Wildman–Crippen LogP) is 4.75. The lowest BCUT2D eigenvalue weighted by Gasteiger charge is -2.49. The van der Waals surface area contributed by atoms with Crippen molar-refractivity contribution in [2.75, 3.05) is 6.61 Å². The van der Waals surface area contributed by atoms with Crippen molar-refractivity contribution in [1.82, 2.24) is 0 Å². The third-order valence-corrected chi connectivity index (χ3v) is 10.4. The summed E-state index contributed by atoms with van der Waals surface area (Å²) >= 11 is 0. The molecule has 0 aromatic rings. The fourth-order valence-electron chi connectivity index (χ4n) is 7.31. The van der Waals surface area contributed by atoms with Gasteiger partial charge in [0.15, 0.2) is 17.5 Å². The maximum absolute atomic E-state index is 14.8. The van der Waals surface area contributed by atoms with Crippen molar-refractivity contribution in [3.63, 3.8) is 0 Å². The number of fused-ring (bicyclic) bond motifs is 1. The molecule has 1 saturated carbocycles. The molecule has 0 heterocycles. The lowest BCUT2D eigenvalue weighted by atomic mass is 9.59. The van der Waals surface area contributed by atoms with E-state index >= 15 is 0 Å². The Hall–Kier alpha value is -2.29. The van der Waals surface area contributed by atoms with Gasteiger partial charge in [0.05, 0.1) is 12.0 Å². The molecule has 0 amide bonds. The second-order valence-electron chi connectivity index (χ2n) is 13.2. The Labute approximate surface area is 244 Å². The van der Waals surface area contributed by atoms with Crippen molar-refractivity contribution in [1.29, 1.82) is 0 Å². The molecule has 2 unspecified atom stereocenters. The first-order valence-electron chi connectivity index (χ1n) is 15.1. The quantitative estimate of drug-likeness (QED) is 0.148. The number of hydrogen-bond acceptors (Lipinski definition) is 8. The molecule has 1 spiro atoms. The van der Waals surface area contributed by atoms with Crippen LogP contribution in [0.25, 0.3) is 0 Å². The van der Waals surface area contributed by atoms with E-state index in [-0.39, 0.29) is 30.2 Å². The third kappa shape index (κ3) is 5.25. The van der Waals surface area contributed by atoms with Crippen LogP contribution in [0, 0.1) is 22.7 Å². The minimum absolute atomic E-state index is 0.0615. The van der Waals surface area contributed by atoms with Gasteiger partial charge in [0.1, 0.15) is 11.7 Å². The molecular formula is C33H50O8. The number of carbonyl (C=O) groups excluding carboxylic acids is 3. The summed E-state index contributed by atoms with van der Waals surface area (Å²) in [5.74, 6) is -2.92. The maximum atomic E-state index is 14.8. The molecule has 7 atom stereocenters. The number of aliphatic hydroxyl groups is 3. The van der Waals surface area contributed by atoms with Gasteiger partial charge in [-0.15, -0.1) is 0 Å². The Morgan fingerprint density at radius 2 is 1.78 bits per heavy atom. The summed E-state index contributed by atoms with van der Waals surface area (Å²) in [6.45, 7) is 13.8. The van der Waals surface area contributed by atoms with Crippen LogP contribution in [0.2, 0.25) is 0 Å². The average molecular weight is 575 g/mol. The number of aliphatic hydroxyl groups excluding tert-OH is 2. The van der Waals surface area contributed by atoms with E-state index in [1.807, 2.05) is 20.8 Å². The van der Waals surface area contributed by atoms with Crippen LogP contribution in [0.3, 0.4) is 0 Å². The van der Waals surface area contributed by atoms with Gasteiger partial charge in [-0.2, -0.15) is 0 Å². The van der Waals surface area contributed by atoms with Gasteiger partial charge in [-0.25, -0.2) is 4.79 Å². The maximum Gasteiger partial charge on any atom is 0.334 e. The summed E-state index contributed by atoms with van der Waals surface area (Å²) in [6.07, 6.45) is 7.17. The predicted molar refractivity (Wildman–Crippen MR) is 156 cm³/mol. The highest BCUT2D eigenvalue weighted by molar-refractivity contribution is 5.96. The molecule has 1 fully saturated rings. The van der Waals surface area contributed by atoms with Crippen molar-refractivity contribution < 1.29 is 39.2 Å². The van der Waals surface area contributed by atoms with Crippen LogP contribution in [-0.2, 0) is 23.9 Å². The van der Waals surface area contributed by atoms with E-state index < -0.39 is 58.7 Å². The van der Waals surface area contributed by atoms with E-state index in [2.05, 4.69) is 6.92 Å². The summed E-state index contributed by atoms with van der Waals surface area (Å²) in [7, 11) is 0. The van der Waals surface area contributed by atoms with Gasteiger partial charge in [-0.05, 0) is 57.6 Å². The van der Waals surface area contributed by atoms with Crippen LogP contribution in [0.15, 0.2) is 34.9 Å². The van der Waals surface area contributed by atoms with Crippen molar-refractivity contribution in [3.05, 3.63) is 34.9 Å². The highest BCUT2D eigenvalue weighted by atomic mass is 16.6. The number of carbonyl (C=O) groups is 3. The second-order valence-corrected chi connectivity index (χ2v) is 13.2. The molecule has 0 saturated heterocycles. The van der Waals surface area contributed by atoms with Crippen LogP contribution in [0.5, 0.6) is 0 Å². The molecule has 0 aromatic carbocycles. The number of ketones is 1. The Morgan fingerprint density at radius 3 is 2.37 bits per heavy atom. The van der Waals surface area contributed by atoms with E-state index in [4.69, 9.17) is 9.47 Å². The minimum Gasteiger partial charge on any atom is -0.459 e. The van der Waals surface area contributed by atoms with Gasteiger partial charge < -0.3 is 24.8 Å². The lowest BCUT2D eigenvalue weighted by Crippen LogP contribution is -2.65. The second kappa shape index (κ2) is 12.1. The number of allylic oxidation sites excluding steroid dienone is 2. The van der Waals surface area contributed by atoms with Crippen LogP contribution >= 0.6 is 0 Å². The SMILES string of the molecule is C/C=C(/C)C(=O)O[C@H]1C(C)=CC23C(=O)[C@@H](C=C(CO)[C@@H](O)[C@]12O)C(C)(C)[C@](C)(OC(=O)CCCCCCC)CC3C. The average Bonchev–Trinajstić information content (AvgIpc) is 3.08. The molecule has 230 valence electrons. The van der Waals surface area contributed by atoms with Crippen LogP contribution in [-0.4, -0.2) is 63.1 Å². The van der Waals surface area contributed by atoms with Crippen molar-refractivity contribution >= 4 is 17.7 Å². The first kappa shape index (κ1) is 33.2. The molecule has 8 nitrogen and oxygen atoms in total. The Bertz CT molecular complexity index is 1130. The molecule has 8 heteroatoms. The fraction of sp³-hybridized carbons (Fsp3) is 0.727. The number of esters is 2. The number of hydrogen-bond donors (Lipinski definition) is 3. The highest BCUT2D eigenvalue weighted by Gasteiger charge is 2.74. The number of Topliss-reactive ketones (excluding diaryl/α,β-unsaturated/α-hetero) is 1. The Morgan fingerprint density at radius 1 is 1.15 bits per heavy atom. The first-order chi connectivity index (χ1) is 19.1. The normalized spacial score (nSPS) is 36.5. The molecule has 3 aliphatic rings. The zero-order valence-electron chi connectivity index (χ0n) is 26.1. The number of rotatable bonds is 10. The summed E-state index contributed by atoms with van der Waals surface area (Å²) in [4.78, 5) is 40.8. The zero-order valence-corrected chi connectivity index (χ0v) is 26.1. The largest absolute Gasteiger partial charge is 0.459 e. The van der Waals surface area contributed by atoms with Gasteiger partial charge in [0.2, 0.25) is 0 Å². The molecule has 0 aromatic heterocycles. The molecule has 3 N–H and O–H groups in total. The lowest BCUT2D eigenvalue weighted by molar-refractivity contribution is -0.202. The molecule has 41 heavy (non-hydrogen) atoms. The smallest absolute Gasteiger partial charge is 0.334 e. The molecule has 2 bridgehead atoms. The minimum atomic E-state index is -2.29. The van der Waals surface area contributed by atoms with Crippen LogP contribution in [0.4, 0.5) is 0 Å². The van der Waals surface area contributed by atoms with E-state index in [0.29, 0.717) is 11.1 Å². The zero-order chi connectivity index (χ0) is 31.0. The van der Waals surface area contributed by atoms with Gasteiger partial charge in [0.25, 0.3) is 0 Å². The van der Waals surface area contributed by atoms with Gasteiger partial charge in [0, 0.05) is 23.3 Å². The standard InChI is InChI=1S/C33H50O8/c1-9-11-12-13-14-15-25(35)41-31(8)18-22(5)32-17-21(4)28(40-29(38)20(3)10-2)33(32,39)26(36)23(19-34)16-24(27(32)37)30(31,6)7/h10,16-17,22,24,26,28,34,36,39H,9,11-15,18-19H2,1-8H3/b20-10-/t22?,24-,26-,28+,31-,32?,33+/m1/s1. The number of ether oxygens (including phenoxy) is 2. The summed E-state index contributed by atoms with van der Waals surface area (Å²) in [5, 5.41) is 34.6. The van der Waals surface area contributed by atoms with E-state index in [1.54, 1.807) is 39.8 Å². The molecule has 0 radical (unpaired) electrons. The van der Waals surface area contributed by atoms with E-state index in [1.165, 1.54) is 6.08 Å². The topological polar surface area (TPSA) is 130 Å². The van der Waals surface area contributed by atoms with Crippen molar-refractivity contribution in [2.24, 2.45) is 22.7 Å². The molecular weight excluding hydrogens is 524 g/mol. The molecule has 3 aliphatic carbocycles. The van der Waals surface area contributed by atoms with Crippen molar-refractivity contribution in [3.8, 4) is 0 Å². The van der Waals surface area contributed by atoms with Crippen LogP contribution in [0.1, 0.15) is 100 Å². The van der Waals surface area contributed by atoms with Crippen molar-refractivity contribution in [2.45, 2.75) is 124 Å². The summed E-state index contributed by atoms with van der Waals surface area (Å²) < 4.78 is 12.0. The van der Waals surface area contributed by atoms with Gasteiger partial charge >= 0.3 is 11.9 Å². The third-order valence-electron chi connectivity index (χ3n) is 10.4. The van der Waals surface area contributed by atoms with Gasteiger partial charge in [-0.1, -0.05) is 71.6 Å². The van der Waals surface area contributed by atoms with E-state index in [0.717, 1.165) is 32.1 Å². The Balaban J connectivity index is 2.13. The highest BCUT2D eigenvalue weighted by Crippen LogP contribution is 2.64. The van der Waals surface area contributed by atoms with Gasteiger partial charge in [-0.3, -0.25) is 9.59 Å². The molecule has 3 rings (SSSR count). The van der Waals surface area contributed by atoms with E-state index in [9.17, 15) is 29.7 Å². The first-order valence-corrected chi connectivity index (χ1v) is 15.1. The monoisotopic (exact) mass is 574 g/mol. The van der Waals surface area contributed by atoms with Crippen LogP contribution < -0.4 is 0 Å². The summed E-state index contributed by atoms with van der Waals surface area (Å²) in [5.41, 5.74) is -5.23. The number of unbranched alkanes of at least 4 members (excludes halogenated alkanes) is 4. The Kier molecular flexibility index (Phi) is 9.83. The summed E-state index contributed by atoms with van der Waals surface area (Å²) in [6, 6.07) is 0. The fourth-order valence-corrected chi connectivity index (χ4v) is 7.31.